The van der Waals surface area contributed by atoms with Gasteiger partial charge in [0.25, 0.3) is 0 Å². The van der Waals surface area contributed by atoms with Crippen molar-refractivity contribution in [3.05, 3.63) is 42.5 Å². The summed E-state index contributed by atoms with van der Waals surface area (Å²) in [7, 11) is 3.23. The molecule has 0 aliphatic heterocycles. The molecule has 1 aromatic heterocycles. The first-order valence-corrected chi connectivity index (χ1v) is 7.60. The van der Waals surface area contributed by atoms with E-state index in [9.17, 15) is 4.79 Å². The Bertz CT molecular complexity index is 916. The van der Waals surface area contributed by atoms with Crippen LogP contribution < -0.4 is 15.8 Å². The number of methoxy groups -OCH3 is 2. The van der Waals surface area contributed by atoms with E-state index in [1.54, 1.807) is 26.4 Å². The van der Waals surface area contributed by atoms with E-state index in [0.29, 0.717) is 18.1 Å². The highest BCUT2D eigenvalue weighted by Crippen LogP contribution is 2.38. The number of aromatic nitrogens is 1. The second kappa shape index (κ2) is 6.74. The summed E-state index contributed by atoms with van der Waals surface area (Å²) in [5.41, 5.74) is 10.1. The lowest BCUT2D eigenvalue weighted by Crippen LogP contribution is -2.07. The molecular weight excluding hydrogens is 322 g/mol. The molecule has 0 saturated carbocycles. The van der Waals surface area contributed by atoms with Crippen LogP contribution in [0.4, 0.5) is 16.2 Å². The van der Waals surface area contributed by atoms with Gasteiger partial charge in [-0.15, -0.1) is 0 Å². The van der Waals surface area contributed by atoms with Crippen LogP contribution in [0.5, 0.6) is 5.75 Å². The van der Waals surface area contributed by atoms with Gasteiger partial charge < -0.3 is 24.9 Å². The topological polar surface area (TPSA) is 98.7 Å². The predicted octanol–water partition coefficient (Wildman–Crippen LogP) is 3.59. The Kier molecular flexibility index (Phi) is 4.49. The van der Waals surface area contributed by atoms with Gasteiger partial charge in [-0.3, -0.25) is 5.32 Å². The van der Waals surface area contributed by atoms with Crippen molar-refractivity contribution in [3.63, 3.8) is 0 Å². The summed E-state index contributed by atoms with van der Waals surface area (Å²) in [6.45, 7) is 0.325. The Morgan fingerprint density at radius 1 is 1.20 bits per heavy atom. The quantitative estimate of drug-likeness (QED) is 0.658. The molecule has 0 spiro atoms. The van der Waals surface area contributed by atoms with E-state index in [0.717, 1.165) is 27.9 Å². The Morgan fingerprint density at radius 3 is 2.52 bits per heavy atom. The number of nitrogens with zero attached hydrogens (tertiary/aromatic N) is 1. The van der Waals surface area contributed by atoms with Gasteiger partial charge in [-0.2, -0.15) is 0 Å². The SMILES string of the molecule is COCn1c(-c2ccc(NC(=O)O)cc2)c(N)c2ccc(OC)cc21. The molecule has 130 valence electrons. The first-order chi connectivity index (χ1) is 12.0. The van der Waals surface area contributed by atoms with Crippen LogP contribution in [0.3, 0.4) is 0 Å². The third-order valence-corrected chi connectivity index (χ3v) is 3.98. The van der Waals surface area contributed by atoms with E-state index < -0.39 is 6.09 Å². The summed E-state index contributed by atoms with van der Waals surface area (Å²) >= 11 is 0. The summed E-state index contributed by atoms with van der Waals surface area (Å²) in [6.07, 6.45) is -1.10. The van der Waals surface area contributed by atoms with Crippen LogP contribution in [0.15, 0.2) is 42.5 Å². The molecule has 3 aromatic rings. The molecular formula is C18H19N3O4. The van der Waals surface area contributed by atoms with Crippen molar-refractivity contribution in [2.24, 2.45) is 0 Å². The molecule has 7 nitrogen and oxygen atoms in total. The van der Waals surface area contributed by atoms with Crippen molar-refractivity contribution < 1.29 is 19.4 Å². The number of nitrogens with one attached hydrogen (secondary N) is 1. The number of nitrogen functional groups attached to an aromatic ring is 1. The first kappa shape index (κ1) is 16.7. The molecule has 0 aliphatic rings. The van der Waals surface area contributed by atoms with Crippen molar-refractivity contribution >= 4 is 28.4 Å². The number of anilines is 2. The fraction of sp³-hybridized carbons (Fsp3) is 0.167. The average Bonchev–Trinajstić information content (AvgIpc) is 2.87. The van der Waals surface area contributed by atoms with Gasteiger partial charge in [0.2, 0.25) is 0 Å². The number of benzene rings is 2. The number of fused-ring (bicyclic) bond motifs is 1. The van der Waals surface area contributed by atoms with Crippen LogP contribution in [-0.2, 0) is 11.5 Å². The van der Waals surface area contributed by atoms with Crippen molar-refractivity contribution in [1.29, 1.82) is 0 Å². The fourth-order valence-corrected chi connectivity index (χ4v) is 2.89. The standard InChI is InChI=1S/C18H19N3O4/c1-24-10-21-15-9-13(25-2)7-8-14(15)16(19)17(21)11-3-5-12(6-4-11)20-18(22)23/h3-9,20H,10,19H2,1-2H3,(H,22,23). The van der Waals surface area contributed by atoms with Gasteiger partial charge in [0.1, 0.15) is 12.5 Å². The molecule has 2 aromatic carbocycles. The maximum atomic E-state index is 10.7. The minimum Gasteiger partial charge on any atom is -0.497 e. The molecule has 3 rings (SSSR count). The smallest absolute Gasteiger partial charge is 0.409 e. The molecule has 0 atom stereocenters. The van der Waals surface area contributed by atoms with Gasteiger partial charge in [-0.05, 0) is 24.3 Å². The molecule has 25 heavy (non-hydrogen) atoms. The van der Waals surface area contributed by atoms with Gasteiger partial charge in [-0.1, -0.05) is 12.1 Å². The molecule has 1 heterocycles. The van der Waals surface area contributed by atoms with Crippen molar-refractivity contribution in [2.75, 3.05) is 25.3 Å². The largest absolute Gasteiger partial charge is 0.497 e. The predicted molar refractivity (Wildman–Crippen MR) is 97.0 cm³/mol. The lowest BCUT2D eigenvalue weighted by Gasteiger charge is -2.11. The Hall–Kier alpha value is -3.19. The number of hydrogen-bond donors (Lipinski definition) is 3. The van der Waals surface area contributed by atoms with E-state index in [4.69, 9.17) is 20.3 Å². The molecule has 0 unspecified atom stereocenters. The monoisotopic (exact) mass is 341 g/mol. The van der Waals surface area contributed by atoms with E-state index in [2.05, 4.69) is 5.32 Å². The maximum Gasteiger partial charge on any atom is 0.409 e. The number of rotatable bonds is 5. The van der Waals surface area contributed by atoms with Gasteiger partial charge in [0, 0.05) is 29.8 Å². The van der Waals surface area contributed by atoms with Crippen LogP contribution in [0.1, 0.15) is 0 Å². The van der Waals surface area contributed by atoms with Crippen LogP contribution in [0, 0.1) is 0 Å². The molecule has 0 aliphatic carbocycles. The lowest BCUT2D eigenvalue weighted by atomic mass is 10.1. The first-order valence-electron chi connectivity index (χ1n) is 7.60. The molecule has 0 radical (unpaired) electrons. The zero-order valence-electron chi connectivity index (χ0n) is 13.9. The third kappa shape index (κ3) is 3.09. The minimum absolute atomic E-state index is 0.325. The van der Waals surface area contributed by atoms with E-state index in [1.807, 2.05) is 34.9 Å². The number of carbonyl (C=O) groups is 1. The van der Waals surface area contributed by atoms with Crippen molar-refractivity contribution in [1.82, 2.24) is 4.57 Å². The maximum absolute atomic E-state index is 10.7. The lowest BCUT2D eigenvalue weighted by molar-refractivity contribution is 0.136. The summed E-state index contributed by atoms with van der Waals surface area (Å²) in [6, 6.07) is 12.7. The number of carboxylic acid groups (broad SMARTS) is 1. The molecule has 0 saturated heterocycles. The number of hydrogen-bond acceptors (Lipinski definition) is 4. The minimum atomic E-state index is -1.10. The van der Waals surface area contributed by atoms with Crippen molar-refractivity contribution in [2.45, 2.75) is 6.73 Å². The highest BCUT2D eigenvalue weighted by Gasteiger charge is 2.17. The number of nitrogens with two attached hydrogens (primary N) is 1. The fourth-order valence-electron chi connectivity index (χ4n) is 2.89. The molecule has 0 bridgehead atoms. The number of ether oxygens (including phenoxy) is 2. The summed E-state index contributed by atoms with van der Waals surface area (Å²) in [5, 5.41) is 12.0. The van der Waals surface area contributed by atoms with E-state index in [1.165, 1.54) is 0 Å². The average molecular weight is 341 g/mol. The third-order valence-electron chi connectivity index (χ3n) is 3.98. The Morgan fingerprint density at radius 2 is 1.92 bits per heavy atom. The van der Waals surface area contributed by atoms with Crippen LogP contribution in [-0.4, -0.2) is 30.0 Å². The second-order valence-corrected chi connectivity index (χ2v) is 5.50. The van der Waals surface area contributed by atoms with Gasteiger partial charge in [-0.25, -0.2) is 4.79 Å². The van der Waals surface area contributed by atoms with Gasteiger partial charge in [0.15, 0.2) is 0 Å². The zero-order valence-corrected chi connectivity index (χ0v) is 13.9. The molecule has 4 N–H and O–H groups in total. The summed E-state index contributed by atoms with van der Waals surface area (Å²) in [5.74, 6) is 0.731. The Balaban J connectivity index is 2.15. The van der Waals surface area contributed by atoms with Crippen LogP contribution >= 0.6 is 0 Å². The highest BCUT2D eigenvalue weighted by molar-refractivity contribution is 6.01. The summed E-state index contributed by atoms with van der Waals surface area (Å²) in [4.78, 5) is 10.7. The van der Waals surface area contributed by atoms with Crippen LogP contribution in [0.25, 0.3) is 22.2 Å². The molecule has 1 amide bonds. The summed E-state index contributed by atoms with van der Waals surface area (Å²) < 4.78 is 12.6. The van der Waals surface area contributed by atoms with Crippen LogP contribution in [0.2, 0.25) is 0 Å². The van der Waals surface area contributed by atoms with E-state index in [-0.39, 0.29) is 0 Å². The molecule has 0 fully saturated rings. The highest BCUT2D eigenvalue weighted by atomic mass is 16.5. The Labute approximate surface area is 144 Å². The van der Waals surface area contributed by atoms with E-state index >= 15 is 0 Å². The van der Waals surface area contributed by atoms with Gasteiger partial charge in [0.05, 0.1) is 24.0 Å². The zero-order chi connectivity index (χ0) is 18.0. The normalized spacial score (nSPS) is 10.8. The second-order valence-electron chi connectivity index (χ2n) is 5.50. The molecule has 7 heteroatoms. The van der Waals surface area contributed by atoms with Gasteiger partial charge >= 0.3 is 6.09 Å². The van der Waals surface area contributed by atoms with Crippen molar-refractivity contribution in [3.8, 4) is 17.0 Å². The number of amides is 1.